The molecule has 2 aromatic rings. The van der Waals surface area contributed by atoms with E-state index in [0.29, 0.717) is 47.8 Å². The molecule has 2 aromatic carbocycles. The summed E-state index contributed by atoms with van der Waals surface area (Å²) in [5, 5.41) is 3.39. The van der Waals surface area contributed by atoms with Gasteiger partial charge in [0.05, 0.1) is 32.5 Å². The van der Waals surface area contributed by atoms with Gasteiger partial charge in [-0.1, -0.05) is 18.2 Å². The van der Waals surface area contributed by atoms with Gasteiger partial charge in [-0.3, -0.25) is 4.79 Å². The number of ketones is 1. The number of esters is 1. The van der Waals surface area contributed by atoms with Crippen LogP contribution < -0.4 is 19.5 Å². The zero-order valence-electron chi connectivity index (χ0n) is 22.3. The normalized spacial score (nSPS) is 19.4. The van der Waals surface area contributed by atoms with E-state index in [1.165, 1.54) is 0 Å². The molecule has 0 bridgehead atoms. The topological polar surface area (TPSA) is 83.1 Å². The zero-order valence-corrected chi connectivity index (χ0v) is 22.3. The molecule has 0 radical (unpaired) electrons. The van der Waals surface area contributed by atoms with E-state index in [9.17, 15) is 9.59 Å². The number of carbonyl (C=O) groups is 2. The molecule has 0 aromatic heterocycles. The number of Topliss-reactive ketones (excluding diaryl/α,β-unsaturated/α-hetero) is 1. The Labute approximate surface area is 218 Å². The van der Waals surface area contributed by atoms with Gasteiger partial charge in [-0.15, -0.1) is 0 Å². The van der Waals surface area contributed by atoms with Gasteiger partial charge in [-0.05, 0) is 75.4 Å². The molecular formula is C30H35NO6. The molecule has 7 heteroatoms. The van der Waals surface area contributed by atoms with E-state index in [1.807, 2.05) is 70.2 Å². The minimum atomic E-state index is -0.573. The molecule has 1 N–H and O–H groups in total. The van der Waals surface area contributed by atoms with E-state index < -0.39 is 11.9 Å². The van der Waals surface area contributed by atoms with Crippen LogP contribution in [-0.2, 0) is 14.3 Å². The van der Waals surface area contributed by atoms with Crippen LogP contribution in [0.15, 0.2) is 65.0 Å². The smallest absolute Gasteiger partial charge is 0.337 e. The van der Waals surface area contributed by atoms with Crippen LogP contribution in [0, 0.1) is 0 Å². The first kappa shape index (κ1) is 26.3. The van der Waals surface area contributed by atoms with E-state index in [2.05, 4.69) is 5.32 Å². The largest absolute Gasteiger partial charge is 0.497 e. The second-order valence-corrected chi connectivity index (χ2v) is 9.59. The monoisotopic (exact) mass is 505 g/mol. The van der Waals surface area contributed by atoms with Gasteiger partial charge in [-0.25, -0.2) is 4.79 Å². The van der Waals surface area contributed by atoms with Crippen molar-refractivity contribution in [3.8, 4) is 17.2 Å². The number of allylic oxidation sites excluding steroid dienone is 3. The summed E-state index contributed by atoms with van der Waals surface area (Å²) in [6.45, 7) is 7.89. The molecule has 0 saturated carbocycles. The average Bonchev–Trinajstić information content (AvgIpc) is 2.87. The number of methoxy groups -OCH3 is 2. The lowest BCUT2D eigenvalue weighted by Crippen LogP contribution is -2.36. The molecule has 196 valence electrons. The summed E-state index contributed by atoms with van der Waals surface area (Å²) in [5.74, 6) is 0.961. The summed E-state index contributed by atoms with van der Waals surface area (Å²) in [4.78, 5) is 27.1. The van der Waals surface area contributed by atoms with Crippen molar-refractivity contribution in [1.29, 1.82) is 0 Å². The highest BCUT2D eigenvalue weighted by Gasteiger charge is 2.41. The van der Waals surface area contributed by atoms with Gasteiger partial charge < -0.3 is 24.3 Å². The number of ether oxygens (including phenoxy) is 4. The highest BCUT2D eigenvalue weighted by Crippen LogP contribution is 2.47. The first-order valence-corrected chi connectivity index (χ1v) is 12.7. The molecule has 0 unspecified atom stereocenters. The van der Waals surface area contributed by atoms with Crippen LogP contribution in [0.5, 0.6) is 17.2 Å². The van der Waals surface area contributed by atoms with Crippen molar-refractivity contribution in [3.05, 3.63) is 76.1 Å². The molecule has 37 heavy (non-hydrogen) atoms. The predicted octanol–water partition coefficient (Wildman–Crippen LogP) is 5.42. The lowest BCUT2D eigenvalue weighted by Gasteiger charge is -2.37. The van der Waals surface area contributed by atoms with E-state index in [1.54, 1.807) is 14.2 Å². The highest BCUT2D eigenvalue weighted by atomic mass is 16.5. The van der Waals surface area contributed by atoms with Crippen LogP contribution in [0.1, 0.15) is 63.5 Å². The van der Waals surface area contributed by atoms with Crippen LogP contribution in [-0.4, -0.2) is 38.7 Å². The van der Waals surface area contributed by atoms with E-state index in [4.69, 9.17) is 18.9 Å². The molecular weight excluding hydrogens is 470 g/mol. The first-order chi connectivity index (χ1) is 17.8. The third kappa shape index (κ3) is 5.36. The number of rotatable bonds is 8. The van der Waals surface area contributed by atoms with E-state index in [0.717, 1.165) is 22.6 Å². The Morgan fingerprint density at radius 1 is 1.00 bits per heavy atom. The fourth-order valence-corrected chi connectivity index (χ4v) is 5.17. The quantitative estimate of drug-likeness (QED) is 0.480. The number of carbonyl (C=O) groups excluding carboxylic acids is 2. The Kier molecular flexibility index (Phi) is 7.91. The summed E-state index contributed by atoms with van der Waals surface area (Å²) in [5.41, 5.74) is 4.43. The maximum atomic E-state index is 13.8. The van der Waals surface area contributed by atoms with E-state index >= 15 is 0 Å². The van der Waals surface area contributed by atoms with Crippen LogP contribution in [0.25, 0.3) is 0 Å². The molecule has 1 heterocycles. The summed E-state index contributed by atoms with van der Waals surface area (Å²) >= 11 is 0. The lowest BCUT2D eigenvalue weighted by atomic mass is 9.71. The molecule has 0 spiro atoms. The molecule has 0 amide bonds. The second-order valence-electron chi connectivity index (χ2n) is 9.59. The van der Waals surface area contributed by atoms with Crippen molar-refractivity contribution in [1.82, 2.24) is 5.32 Å². The molecule has 4 rings (SSSR count). The maximum Gasteiger partial charge on any atom is 0.337 e. The van der Waals surface area contributed by atoms with Gasteiger partial charge in [0.25, 0.3) is 0 Å². The number of hydrogen-bond acceptors (Lipinski definition) is 7. The summed E-state index contributed by atoms with van der Waals surface area (Å²) < 4.78 is 22.2. The second kappa shape index (κ2) is 11.1. The minimum Gasteiger partial charge on any atom is -0.497 e. The maximum absolute atomic E-state index is 13.8. The Hall–Kier alpha value is -3.74. The van der Waals surface area contributed by atoms with Gasteiger partial charge in [0, 0.05) is 29.3 Å². The van der Waals surface area contributed by atoms with Crippen molar-refractivity contribution in [2.75, 3.05) is 20.8 Å². The lowest BCUT2D eigenvalue weighted by molar-refractivity contribution is -0.143. The first-order valence-electron chi connectivity index (χ1n) is 12.7. The SMILES string of the molecule is CCOc1ccc([C@H]2C(C(=O)OC(C)C)=C(C)NC3=C2C(=O)C[C@H](c2ccc(OC)cc2)C3)cc1OC. The Morgan fingerprint density at radius 3 is 2.32 bits per heavy atom. The molecule has 2 atom stereocenters. The van der Waals surface area contributed by atoms with Crippen LogP contribution in [0.2, 0.25) is 0 Å². The van der Waals surface area contributed by atoms with Gasteiger partial charge >= 0.3 is 5.97 Å². The van der Waals surface area contributed by atoms with Gasteiger partial charge in [-0.2, -0.15) is 0 Å². The molecule has 1 aliphatic carbocycles. The number of hydrogen-bond donors (Lipinski definition) is 1. The Morgan fingerprint density at radius 2 is 1.70 bits per heavy atom. The Bertz CT molecular complexity index is 1240. The van der Waals surface area contributed by atoms with Gasteiger partial charge in [0.15, 0.2) is 17.3 Å². The summed E-state index contributed by atoms with van der Waals surface area (Å²) in [6.07, 6.45) is 0.713. The number of nitrogens with one attached hydrogen (secondary N) is 1. The minimum absolute atomic E-state index is 0.00904. The van der Waals surface area contributed by atoms with Crippen LogP contribution >= 0.6 is 0 Å². The molecule has 2 aliphatic rings. The third-order valence-corrected chi connectivity index (χ3v) is 6.80. The standard InChI is InChI=1S/C30H35NO6/c1-7-36-25-13-10-20(16-26(25)35-6)28-27(30(33)37-17(2)3)18(4)31-23-14-21(15-24(32)29(23)28)19-8-11-22(34-5)12-9-19/h8-13,16-17,21,28,31H,7,14-15H2,1-6H3/t21-,28+/m1/s1. The third-order valence-electron chi connectivity index (χ3n) is 6.80. The molecule has 1 aliphatic heterocycles. The predicted molar refractivity (Wildman–Crippen MR) is 141 cm³/mol. The van der Waals surface area contributed by atoms with Crippen molar-refractivity contribution >= 4 is 11.8 Å². The van der Waals surface area contributed by atoms with Crippen LogP contribution in [0.4, 0.5) is 0 Å². The van der Waals surface area contributed by atoms with Gasteiger partial charge in [0.1, 0.15) is 5.75 Å². The van der Waals surface area contributed by atoms with Crippen molar-refractivity contribution < 1.29 is 28.5 Å². The van der Waals surface area contributed by atoms with Crippen molar-refractivity contribution in [2.45, 2.75) is 58.5 Å². The summed E-state index contributed by atoms with van der Waals surface area (Å²) in [7, 11) is 3.21. The summed E-state index contributed by atoms with van der Waals surface area (Å²) in [6, 6.07) is 13.4. The fourth-order valence-electron chi connectivity index (χ4n) is 5.17. The van der Waals surface area contributed by atoms with Crippen molar-refractivity contribution in [2.24, 2.45) is 0 Å². The van der Waals surface area contributed by atoms with Gasteiger partial charge in [0.2, 0.25) is 0 Å². The van der Waals surface area contributed by atoms with E-state index in [-0.39, 0.29) is 17.8 Å². The molecule has 7 nitrogen and oxygen atoms in total. The number of dihydropyridines is 1. The Balaban J connectivity index is 1.80. The average molecular weight is 506 g/mol. The fraction of sp³-hybridized carbons (Fsp3) is 0.400. The highest BCUT2D eigenvalue weighted by molar-refractivity contribution is 6.04. The zero-order chi connectivity index (χ0) is 26.7. The van der Waals surface area contributed by atoms with Crippen molar-refractivity contribution in [3.63, 3.8) is 0 Å². The van der Waals surface area contributed by atoms with Crippen LogP contribution in [0.3, 0.4) is 0 Å². The molecule has 0 fully saturated rings. The number of benzene rings is 2. The molecule has 0 saturated heterocycles.